The molecule has 8 heteroatoms. The number of nitrogens with one attached hydrogen (secondary N) is 1. The van der Waals surface area contributed by atoms with Crippen molar-refractivity contribution < 1.29 is 13.2 Å². The predicted octanol–water partition coefficient (Wildman–Crippen LogP) is 4.90. The first-order chi connectivity index (χ1) is 14.1. The lowest BCUT2D eigenvalue weighted by atomic mass is 10.0. The second kappa shape index (κ2) is 9.16. The minimum Gasteiger partial charge on any atom is -0.348 e. The van der Waals surface area contributed by atoms with Crippen LogP contribution in [0.5, 0.6) is 0 Å². The Morgan fingerprint density at radius 3 is 2.50 bits per heavy atom. The summed E-state index contributed by atoms with van der Waals surface area (Å²) >= 11 is 12.3. The van der Waals surface area contributed by atoms with Crippen LogP contribution in [-0.2, 0) is 27.7 Å². The minimum absolute atomic E-state index is 0.193. The molecule has 0 spiro atoms. The van der Waals surface area contributed by atoms with Crippen molar-refractivity contribution in [3.8, 4) is 0 Å². The predicted molar refractivity (Wildman–Crippen MR) is 123 cm³/mol. The first-order valence-electron chi connectivity index (χ1n) is 9.98. The summed E-state index contributed by atoms with van der Waals surface area (Å²) in [7, 11) is -3.79. The van der Waals surface area contributed by atoms with E-state index in [0.29, 0.717) is 5.02 Å². The fourth-order valence-electron chi connectivity index (χ4n) is 3.94. The number of halogens is 2. The fraction of sp³-hybridized carbons (Fsp3) is 0.409. The number of carbonyl (C=O) groups is 1. The van der Waals surface area contributed by atoms with Crippen LogP contribution in [0.1, 0.15) is 49.4 Å². The summed E-state index contributed by atoms with van der Waals surface area (Å²) < 4.78 is 26.3. The highest BCUT2D eigenvalue weighted by molar-refractivity contribution is 7.92. The summed E-state index contributed by atoms with van der Waals surface area (Å²) in [6.07, 6.45) is 4.64. The summed E-state index contributed by atoms with van der Waals surface area (Å²) in [5, 5.41) is 3.52. The molecule has 1 aliphatic rings. The highest BCUT2D eigenvalue weighted by Crippen LogP contribution is 2.33. The standard InChI is InChI=1S/C22H26Cl2N2O3S/c1-4-20(26(30(3,28)29)21-13-18(23)10-11-19(21)24)22(27)25-14(2)16-9-8-15-6-5-7-17(15)12-16/h8-14,20H,4-7H2,1-3H3,(H,25,27)/t14-,20+/m0/s1. The van der Waals surface area contributed by atoms with Gasteiger partial charge in [-0.3, -0.25) is 9.10 Å². The second-order valence-corrected chi connectivity index (χ2v) is 10.4. The molecule has 0 saturated carbocycles. The highest BCUT2D eigenvalue weighted by Gasteiger charge is 2.33. The smallest absolute Gasteiger partial charge is 0.244 e. The van der Waals surface area contributed by atoms with Crippen LogP contribution in [0.4, 0.5) is 5.69 Å². The number of anilines is 1. The number of amides is 1. The average molecular weight is 469 g/mol. The van der Waals surface area contributed by atoms with Crippen LogP contribution in [0, 0.1) is 0 Å². The van der Waals surface area contributed by atoms with E-state index in [9.17, 15) is 13.2 Å². The van der Waals surface area contributed by atoms with Gasteiger partial charge in [-0.1, -0.05) is 48.3 Å². The summed E-state index contributed by atoms with van der Waals surface area (Å²) in [5.74, 6) is -0.382. The lowest BCUT2D eigenvalue weighted by Crippen LogP contribution is -2.49. The summed E-state index contributed by atoms with van der Waals surface area (Å²) in [5.41, 5.74) is 3.89. The van der Waals surface area contributed by atoms with E-state index >= 15 is 0 Å². The normalized spacial score (nSPS) is 15.4. The lowest BCUT2D eigenvalue weighted by molar-refractivity contribution is -0.122. The summed E-state index contributed by atoms with van der Waals surface area (Å²) in [6.45, 7) is 3.67. The van der Waals surface area contributed by atoms with Crippen molar-refractivity contribution >= 4 is 44.8 Å². The van der Waals surface area contributed by atoms with Crippen molar-refractivity contribution in [1.82, 2.24) is 5.32 Å². The molecule has 0 saturated heterocycles. The van der Waals surface area contributed by atoms with Gasteiger partial charge in [-0.2, -0.15) is 0 Å². The Morgan fingerprint density at radius 2 is 1.83 bits per heavy atom. The molecule has 1 N–H and O–H groups in total. The number of carbonyl (C=O) groups excluding carboxylic acids is 1. The average Bonchev–Trinajstić information content (AvgIpc) is 3.14. The van der Waals surface area contributed by atoms with Crippen molar-refractivity contribution in [2.24, 2.45) is 0 Å². The first kappa shape index (κ1) is 22.9. The third kappa shape index (κ3) is 4.93. The third-order valence-electron chi connectivity index (χ3n) is 5.46. The van der Waals surface area contributed by atoms with Gasteiger partial charge in [0.05, 0.1) is 23.0 Å². The van der Waals surface area contributed by atoms with Crippen molar-refractivity contribution in [2.45, 2.75) is 51.6 Å². The Kier molecular flexibility index (Phi) is 7.00. The number of sulfonamides is 1. The van der Waals surface area contributed by atoms with Crippen LogP contribution >= 0.6 is 23.2 Å². The van der Waals surface area contributed by atoms with Crippen LogP contribution in [0.3, 0.4) is 0 Å². The first-order valence-corrected chi connectivity index (χ1v) is 12.6. The van der Waals surface area contributed by atoms with Gasteiger partial charge in [-0.25, -0.2) is 8.42 Å². The van der Waals surface area contributed by atoms with Gasteiger partial charge in [0, 0.05) is 5.02 Å². The van der Waals surface area contributed by atoms with Gasteiger partial charge >= 0.3 is 0 Å². The molecule has 30 heavy (non-hydrogen) atoms. The molecule has 1 aliphatic carbocycles. The Morgan fingerprint density at radius 1 is 1.13 bits per heavy atom. The largest absolute Gasteiger partial charge is 0.348 e. The number of benzene rings is 2. The van der Waals surface area contributed by atoms with Crippen LogP contribution < -0.4 is 9.62 Å². The Hall–Kier alpha value is -1.76. The van der Waals surface area contributed by atoms with Gasteiger partial charge < -0.3 is 5.32 Å². The molecule has 0 bridgehead atoms. The van der Waals surface area contributed by atoms with Gasteiger partial charge in [0.1, 0.15) is 6.04 Å². The molecule has 0 unspecified atom stereocenters. The quantitative estimate of drug-likeness (QED) is 0.627. The maximum Gasteiger partial charge on any atom is 0.244 e. The molecule has 5 nitrogen and oxygen atoms in total. The molecule has 0 aromatic heterocycles. The highest BCUT2D eigenvalue weighted by atomic mass is 35.5. The Bertz CT molecular complexity index is 1060. The second-order valence-electron chi connectivity index (χ2n) is 7.69. The maximum absolute atomic E-state index is 13.2. The van der Waals surface area contributed by atoms with E-state index in [4.69, 9.17) is 23.2 Å². The molecule has 3 rings (SSSR count). The van der Waals surface area contributed by atoms with Crippen molar-refractivity contribution in [2.75, 3.05) is 10.6 Å². The van der Waals surface area contributed by atoms with Gasteiger partial charge in [0.25, 0.3) is 0 Å². The van der Waals surface area contributed by atoms with Crippen molar-refractivity contribution in [3.63, 3.8) is 0 Å². The summed E-state index contributed by atoms with van der Waals surface area (Å²) in [6, 6.07) is 9.63. The molecular weight excluding hydrogens is 443 g/mol. The molecule has 0 fully saturated rings. The zero-order valence-corrected chi connectivity index (χ0v) is 19.6. The molecule has 1 amide bonds. The molecule has 0 heterocycles. The molecule has 0 radical (unpaired) electrons. The zero-order chi connectivity index (χ0) is 22.1. The molecule has 2 atom stereocenters. The zero-order valence-electron chi connectivity index (χ0n) is 17.3. The van der Waals surface area contributed by atoms with E-state index in [1.165, 1.54) is 23.3 Å². The van der Waals surface area contributed by atoms with E-state index < -0.39 is 16.1 Å². The maximum atomic E-state index is 13.2. The number of fused-ring (bicyclic) bond motifs is 1. The van der Waals surface area contributed by atoms with E-state index in [1.54, 1.807) is 13.0 Å². The topological polar surface area (TPSA) is 66.5 Å². The number of hydrogen-bond acceptors (Lipinski definition) is 3. The van der Waals surface area contributed by atoms with Gasteiger partial charge in [0.15, 0.2) is 0 Å². The van der Waals surface area contributed by atoms with Crippen LogP contribution in [-0.4, -0.2) is 26.6 Å². The molecule has 2 aromatic rings. The van der Waals surface area contributed by atoms with Crippen LogP contribution in [0.25, 0.3) is 0 Å². The SMILES string of the molecule is CC[C@H](C(=O)N[C@@H](C)c1ccc2c(c1)CCC2)N(c1cc(Cl)ccc1Cl)S(C)(=O)=O. The van der Waals surface area contributed by atoms with Gasteiger partial charge in [0.2, 0.25) is 15.9 Å². The van der Waals surface area contributed by atoms with E-state index in [-0.39, 0.29) is 29.1 Å². The van der Waals surface area contributed by atoms with E-state index in [2.05, 4.69) is 17.4 Å². The van der Waals surface area contributed by atoms with E-state index in [1.807, 2.05) is 13.0 Å². The van der Waals surface area contributed by atoms with Gasteiger partial charge in [-0.05, 0) is 67.5 Å². The number of hydrogen-bond donors (Lipinski definition) is 1. The molecular formula is C22H26Cl2N2O3S. The molecule has 162 valence electrons. The summed E-state index contributed by atoms with van der Waals surface area (Å²) in [4.78, 5) is 13.2. The van der Waals surface area contributed by atoms with Crippen LogP contribution in [0.2, 0.25) is 10.0 Å². The lowest BCUT2D eigenvalue weighted by Gasteiger charge is -2.31. The molecule has 0 aliphatic heterocycles. The fourth-order valence-corrected chi connectivity index (χ4v) is 5.58. The number of nitrogens with zero attached hydrogens (tertiary/aromatic N) is 1. The van der Waals surface area contributed by atoms with Crippen molar-refractivity contribution in [3.05, 3.63) is 63.1 Å². The monoisotopic (exact) mass is 468 g/mol. The van der Waals surface area contributed by atoms with E-state index in [0.717, 1.165) is 35.4 Å². The molecule has 2 aromatic carbocycles. The van der Waals surface area contributed by atoms with Crippen LogP contribution in [0.15, 0.2) is 36.4 Å². The van der Waals surface area contributed by atoms with Crippen molar-refractivity contribution in [1.29, 1.82) is 0 Å². The van der Waals surface area contributed by atoms with Gasteiger partial charge in [-0.15, -0.1) is 0 Å². The third-order valence-corrected chi connectivity index (χ3v) is 7.18. The number of rotatable bonds is 7. The Balaban J connectivity index is 1.88. The minimum atomic E-state index is -3.79. The number of aryl methyl sites for hydroxylation is 2. The Labute approximate surface area is 188 Å².